The van der Waals surface area contributed by atoms with Crippen LogP contribution < -0.4 is 20.5 Å². The van der Waals surface area contributed by atoms with Crippen molar-refractivity contribution >= 4 is 17.8 Å². The molecule has 30 heavy (non-hydrogen) atoms. The fourth-order valence-electron chi connectivity index (χ4n) is 2.82. The van der Waals surface area contributed by atoms with Crippen LogP contribution in [0.1, 0.15) is 31.9 Å². The first kappa shape index (κ1) is 23.1. The van der Waals surface area contributed by atoms with E-state index in [1.54, 1.807) is 55.5 Å². The Bertz CT molecular complexity index is 899. The van der Waals surface area contributed by atoms with Gasteiger partial charge in [-0.1, -0.05) is 36.4 Å². The maximum atomic E-state index is 12.0. The molecule has 0 spiro atoms. The molecule has 2 aromatic carbocycles. The van der Waals surface area contributed by atoms with Crippen LogP contribution in [0.5, 0.6) is 11.5 Å². The van der Waals surface area contributed by atoms with Crippen LogP contribution in [-0.2, 0) is 32.3 Å². The van der Waals surface area contributed by atoms with Crippen molar-refractivity contribution in [3.05, 3.63) is 59.7 Å². The number of para-hydroxylation sites is 2. The fraction of sp³-hybridized carbons (Fsp3) is 0.318. The minimum atomic E-state index is -0.795. The van der Waals surface area contributed by atoms with Crippen molar-refractivity contribution in [1.29, 1.82) is 0 Å². The van der Waals surface area contributed by atoms with E-state index in [0.29, 0.717) is 22.6 Å². The van der Waals surface area contributed by atoms with Crippen molar-refractivity contribution < 1.29 is 28.6 Å². The Balaban J connectivity index is 2.03. The number of nitrogens with two attached hydrogens (primary N) is 1. The van der Waals surface area contributed by atoms with Gasteiger partial charge in [0.2, 0.25) is 5.91 Å². The number of ether oxygens (including phenoxy) is 3. The van der Waals surface area contributed by atoms with Crippen LogP contribution in [0.3, 0.4) is 0 Å². The average molecular weight is 414 g/mol. The van der Waals surface area contributed by atoms with Crippen molar-refractivity contribution in [2.75, 3.05) is 0 Å². The number of carbonyl (C=O) groups excluding carboxylic acids is 3. The first-order valence-electron chi connectivity index (χ1n) is 9.45. The molecule has 1 amide bonds. The molecule has 0 aliphatic rings. The molecule has 8 heteroatoms. The zero-order valence-corrected chi connectivity index (χ0v) is 17.2. The lowest BCUT2D eigenvalue weighted by Crippen LogP contribution is -2.49. The standard InChI is InChI=1S/C22H26N2O6/c1-14(28-13-18-9-5-7-11-20(18)30-16(3)26)21(22(23)27)24-12-17-8-4-6-10-19(17)29-15(2)25/h4-11,14,21,24H,12-13H2,1-3H3,(H2,23,27)/t14-,21+/m1/s1. The van der Waals surface area contributed by atoms with Gasteiger partial charge in [-0.2, -0.15) is 0 Å². The molecule has 0 radical (unpaired) electrons. The summed E-state index contributed by atoms with van der Waals surface area (Å²) >= 11 is 0. The molecule has 0 bridgehead atoms. The predicted molar refractivity (Wildman–Crippen MR) is 110 cm³/mol. The van der Waals surface area contributed by atoms with Gasteiger partial charge in [0.1, 0.15) is 17.5 Å². The molecule has 3 N–H and O–H groups in total. The van der Waals surface area contributed by atoms with E-state index in [9.17, 15) is 14.4 Å². The third kappa shape index (κ3) is 6.98. The molecule has 0 unspecified atom stereocenters. The first-order valence-corrected chi connectivity index (χ1v) is 9.45. The van der Waals surface area contributed by atoms with Crippen molar-refractivity contribution in [2.45, 2.75) is 46.1 Å². The molecule has 0 saturated carbocycles. The number of rotatable bonds is 10. The third-order valence-corrected chi connectivity index (χ3v) is 4.24. The Kier molecular flexibility index (Phi) is 8.52. The van der Waals surface area contributed by atoms with Gasteiger partial charge in [0, 0.05) is 31.5 Å². The Morgan fingerprint density at radius 2 is 1.40 bits per heavy atom. The SMILES string of the molecule is CC(=O)Oc1ccccc1CN[C@H](C(N)=O)[C@@H](C)OCc1ccccc1OC(C)=O. The second-order valence-corrected chi connectivity index (χ2v) is 6.68. The number of carbonyl (C=O) groups is 3. The maximum absolute atomic E-state index is 12.0. The van der Waals surface area contributed by atoms with Crippen LogP contribution in [0.25, 0.3) is 0 Å². The Morgan fingerprint density at radius 1 is 0.900 bits per heavy atom. The summed E-state index contributed by atoms with van der Waals surface area (Å²) in [6.07, 6.45) is -0.575. The summed E-state index contributed by atoms with van der Waals surface area (Å²) in [6, 6.07) is 13.2. The highest BCUT2D eigenvalue weighted by Crippen LogP contribution is 2.21. The quantitative estimate of drug-likeness (QED) is 0.451. The lowest BCUT2D eigenvalue weighted by Gasteiger charge is -2.23. The van der Waals surface area contributed by atoms with Gasteiger partial charge in [-0.05, 0) is 19.1 Å². The van der Waals surface area contributed by atoms with Crippen molar-refractivity contribution in [3.63, 3.8) is 0 Å². The molecule has 0 aliphatic heterocycles. The van der Waals surface area contributed by atoms with Crippen LogP contribution in [0.2, 0.25) is 0 Å². The third-order valence-electron chi connectivity index (χ3n) is 4.24. The van der Waals surface area contributed by atoms with Crippen LogP contribution in [0.15, 0.2) is 48.5 Å². The topological polar surface area (TPSA) is 117 Å². The minimum absolute atomic E-state index is 0.125. The molecule has 8 nitrogen and oxygen atoms in total. The van der Waals surface area contributed by atoms with E-state index in [0.717, 1.165) is 0 Å². The summed E-state index contributed by atoms with van der Waals surface area (Å²) in [4.78, 5) is 34.5. The second kappa shape index (κ2) is 11.1. The summed E-state index contributed by atoms with van der Waals surface area (Å²) in [7, 11) is 0. The molecule has 0 fully saturated rings. The van der Waals surface area contributed by atoms with E-state index in [4.69, 9.17) is 19.9 Å². The van der Waals surface area contributed by atoms with Crippen molar-refractivity contribution in [1.82, 2.24) is 5.32 Å². The molecule has 160 valence electrons. The highest BCUT2D eigenvalue weighted by molar-refractivity contribution is 5.80. The van der Waals surface area contributed by atoms with Gasteiger partial charge in [0.25, 0.3) is 0 Å². The maximum Gasteiger partial charge on any atom is 0.308 e. The summed E-state index contributed by atoms with van der Waals surface area (Å²) in [5, 5.41) is 3.06. The lowest BCUT2D eigenvalue weighted by atomic mass is 10.1. The minimum Gasteiger partial charge on any atom is -0.426 e. The summed E-state index contributed by atoms with van der Waals surface area (Å²) in [5.41, 5.74) is 6.92. The highest BCUT2D eigenvalue weighted by Gasteiger charge is 2.24. The molecule has 2 aromatic rings. The number of hydrogen-bond acceptors (Lipinski definition) is 7. The number of esters is 2. The van der Waals surface area contributed by atoms with E-state index in [1.165, 1.54) is 13.8 Å². The zero-order valence-electron chi connectivity index (χ0n) is 17.2. The number of amides is 1. The normalized spacial score (nSPS) is 12.6. The summed E-state index contributed by atoms with van der Waals surface area (Å²) in [5.74, 6) is -0.642. The molecular weight excluding hydrogens is 388 g/mol. The van der Waals surface area contributed by atoms with Crippen LogP contribution >= 0.6 is 0 Å². The number of primary amides is 1. The van der Waals surface area contributed by atoms with Crippen molar-refractivity contribution in [3.8, 4) is 11.5 Å². The molecule has 0 heterocycles. The molecule has 2 atom stereocenters. The Hall–Kier alpha value is -3.23. The summed E-state index contributed by atoms with van der Waals surface area (Å²) < 4.78 is 16.2. The molecular formula is C22H26N2O6. The van der Waals surface area contributed by atoms with Crippen molar-refractivity contribution in [2.24, 2.45) is 5.73 Å². The van der Waals surface area contributed by atoms with Gasteiger partial charge in [-0.15, -0.1) is 0 Å². The van der Waals surface area contributed by atoms with Gasteiger partial charge in [0.15, 0.2) is 0 Å². The predicted octanol–water partition coefficient (Wildman–Crippen LogP) is 2.09. The largest absolute Gasteiger partial charge is 0.426 e. The number of benzene rings is 2. The van der Waals surface area contributed by atoms with Crippen LogP contribution in [-0.4, -0.2) is 30.0 Å². The molecule has 2 rings (SSSR count). The van der Waals surface area contributed by atoms with Gasteiger partial charge < -0.3 is 19.9 Å². The first-order chi connectivity index (χ1) is 14.3. The van der Waals surface area contributed by atoms with E-state index < -0.39 is 30.0 Å². The van der Waals surface area contributed by atoms with Gasteiger partial charge in [-0.3, -0.25) is 19.7 Å². The number of hydrogen-bond donors (Lipinski definition) is 2. The Morgan fingerprint density at radius 3 is 1.93 bits per heavy atom. The second-order valence-electron chi connectivity index (χ2n) is 6.68. The molecule has 0 aromatic heterocycles. The lowest BCUT2D eigenvalue weighted by molar-refractivity contribution is -0.133. The summed E-state index contributed by atoms with van der Waals surface area (Å²) in [6.45, 7) is 4.73. The molecule has 0 aliphatic carbocycles. The van der Waals surface area contributed by atoms with E-state index in [1.807, 2.05) is 0 Å². The zero-order chi connectivity index (χ0) is 22.1. The van der Waals surface area contributed by atoms with Crippen LogP contribution in [0, 0.1) is 0 Å². The van der Waals surface area contributed by atoms with Gasteiger partial charge >= 0.3 is 11.9 Å². The van der Waals surface area contributed by atoms with Gasteiger partial charge in [-0.25, -0.2) is 0 Å². The average Bonchev–Trinajstić information content (AvgIpc) is 2.67. The Labute approximate surface area is 175 Å². The monoisotopic (exact) mass is 414 g/mol. The number of nitrogens with one attached hydrogen (secondary N) is 1. The van der Waals surface area contributed by atoms with E-state index in [2.05, 4.69) is 5.32 Å². The van der Waals surface area contributed by atoms with E-state index >= 15 is 0 Å². The fourth-order valence-corrected chi connectivity index (χ4v) is 2.82. The smallest absolute Gasteiger partial charge is 0.308 e. The van der Waals surface area contributed by atoms with E-state index in [-0.39, 0.29) is 13.2 Å². The van der Waals surface area contributed by atoms with Crippen LogP contribution in [0.4, 0.5) is 0 Å². The molecule has 0 saturated heterocycles. The van der Waals surface area contributed by atoms with Gasteiger partial charge in [0.05, 0.1) is 12.7 Å². The highest BCUT2D eigenvalue weighted by atomic mass is 16.5.